The third-order valence-electron chi connectivity index (χ3n) is 2.10. The second kappa shape index (κ2) is 9.20. The first-order valence-electron chi connectivity index (χ1n) is 5.50. The Kier molecular flexibility index (Phi) is 9.32. The van der Waals surface area contributed by atoms with Gasteiger partial charge in [0.25, 0.3) is 0 Å². The fourth-order valence-electron chi connectivity index (χ4n) is 1.41. The van der Waals surface area contributed by atoms with Gasteiger partial charge in [-0.25, -0.2) is 0 Å². The SMILES string of the molecule is CCCNCc1cc(Br)c(OCC)c(Br)c1.Cl. The second-order valence-corrected chi connectivity index (χ2v) is 5.21. The maximum atomic E-state index is 5.53. The van der Waals surface area contributed by atoms with Crippen molar-refractivity contribution in [2.24, 2.45) is 0 Å². The summed E-state index contributed by atoms with van der Waals surface area (Å²) in [6, 6.07) is 4.19. The Hall–Kier alpha value is 0.230. The Morgan fingerprint density at radius 1 is 1.18 bits per heavy atom. The van der Waals surface area contributed by atoms with Gasteiger partial charge in [0.2, 0.25) is 0 Å². The number of benzene rings is 1. The maximum absolute atomic E-state index is 5.53. The molecule has 1 aromatic carbocycles. The van der Waals surface area contributed by atoms with Crippen LogP contribution in [0.1, 0.15) is 25.8 Å². The Labute approximate surface area is 126 Å². The summed E-state index contributed by atoms with van der Waals surface area (Å²) >= 11 is 7.05. The summed E-state index contributed by atoms with van der Waals surface area (Å²) in [6.07, 6.45) is 1.15. The van der Waals surface area contributed by atoms with E-state index in [2.05, 4.69) is 56.2 Å². The van der Waals surface area contributed by atoms with E-state index in [-0.39, 0.29) is 12.4 Å². The van der Waals surface area contributed by atoms with Crippen molar-refractivity contribution in [3.63, 3.8) is 0 Å². The molecule has 0 bridgehead atoms. The van der Waals surface area contributed by atoms with Crippen LogP contribution in [-0.4, -0.2) is 13.2 Å². The molecule has 0 unspecified atom stereocenters. The molecule has 0 spiro atoms. The molecule has 5 heteroatoms. The maximum Gasteiger partial charge on any atom is 0.147 e. The van der Waals surface area contributed by atoms with Crippen molar-refractivity contribution in [3.05, 3.63) is 26.6 Å². The van der Waals surface area contributed by atoms with Gasteiger partial charge in [-0.15, -0.1) is 12.4 Å². The van der Waals surface area contributed by atoms with Crippen molar-refractivity contribution in [1.29, 1.82) is 0 Å². The van der Waals surface area contributed by atoms with Gasteiger partial charge in [-0.2, -0.15) is 0 Å². The molecule has 2 nitrogen and oxygen atoms in total. The Morgan fingerprint density at radius 3 is 2.24 bits per heavy atom. The van der Waals surface area contributed by atoms with E-state index in [1.54, 1.807) is 0 Å². The summed E-state index contributed by atoms with van der Waals surface area (Å²) in [7, 11) is 0. The van der Waals surface area contributed by atoms with Crippen molar-refractivity contribution in [2.75, 3.05) is 13.2 Å². The quantitative estimate of drug-likeness (QED) is 0.724. The van der Waals surface area contributed by atoms with Crippen LogP contribution in [0.25, 0.3) is 0 Å². The van der Waals surface area contributed by atoms with Gasteiger partial charge in [0, 0.05) is 6.54 Å². The highest BCUT2D eigenvalue weighted by molar-refractivity contribution is 9.11. The lowest BCUT2D eigenvalue weighted by atomic mass is 10.2. The van der Waals surface area contributed by atoms with Gasteiger partial charge in [0.15, 0.2) is 0 Å². The monoisotopic (exact) mass is 385 g/mol. The third kappa shape index (κ3) is 5.60. The summed E-state index contributed by atoms with van der Waals surface area (Å²) in [6.45, 7) is 6.75. The molecule has 0 fully saturated rings. The number of rotatable bonds is 6. The lowest BCUT2D eigenvalue weighted by Crippen LogP contribution is -2.13. The molecule has 98 valence electrons. The predicted molar refractivity (Wildman–Crippen MR) is 82.3 cm³/mol. The lowest BCUT2D eigenvalue weighted by Gasteiger charge is -2.11. The Bertz CT molecular complexity index is 324. The van der Waals surface area contributed by atoms with Crippen molar-refractivity contribution in [1.82, 2.24) is 5.32 Å². The number of nitrogens with one attached hydrogen (secondary N) is 1. The summed E-state index contributed by atoms with van der Waals surface area (Å²) < 4.78 is 7.53. The molecule has 0 amide bonds. The van der Waals surface area contributed by atoms with Crippen LogP contribution in [0, 0.1) is 0 Å². The van der Waals surface area contributed by atoms with Crippen molar-refractivity contribution in [2.45, 2.75) is 26.8 Å². The van der Waals surface area contributed by atoms with Gasteiger partial charge in [0.05, 0.1) is 15.6 Å². The van der Waals surface area contributed by atoms with Crippen LogP contribution in [-0.2, 0) is 6.54 Å². The predicted octanol–water partition coefficient (Wildman–Crippen LogP) is 4.53. The Morgan fingerprint density at radius 2 is 1.76 bits per heavy atom. The molecular weight excluding hydrogens is 369 g/mol. The van der Waals surface area contributed by atoms with Crippen LogP contribution < -0.4 is 10.1 Å². The highest BCUT2D eigenvalue weighted by Gasteiger charge is 2.08. The first-order valence-corrected chi connectivity index (χ1v) is 7.09. The van der Waals surface area contributed by atoms with Gasteiger partial charge in [-0.05, 0) is 69.4 Å². The number of halogens is 3. The van der Waals surface area contributed by atoms with Gasteiger partial charge in [0.1, 0.15) is 5.75 Å². The molecule has 17 heavy (non-hydrogen) atoms. The van der Waals surface area contributed by atoms with E-state index in [0.717, 1.165) is 34.2 Å². The van der Waals surface area contributed by atoms with Crippen molar-refractivity contribution in [3.8, 4) is 5.75 Å². The van der Waals surface area contributed by atoms with Crippen LogP contribution in [0.4, 0.5) is 0 Å². The van der Waals surface area contributed by atoms with E-state index < -0.39 is 0 Å². The molecule has 0 atom stereocenters. The van der Waals surface area contributed by atoms with Gasteiger partial charge >= 0.3 is 0 Å². The largest absolute Gasteiger partial charge is 0.492 e. The Balaban J connectivity index is 0.00000256. The molecule has 0 saturated carbocycles. The minimum absolute atomic E-state index is 0. The van der Waals surface area contributed by atoms with Crippen LogP contribution in [0.3, 0.4) is 0 Å². The molecule has 1 rings (SSSR count). The van der Waals surface area contributed by atoms with Crippen LogP contribution in [0.5, 0.6) is 5.75 Å². The number of hydrogen-bond acceptors (Lipinski definition) is 2. The van der Waals surface area contributed by atoms with Gasteiger partial charge in [-0.1, -0.05) is 6.92 Å². The molecule has 0 aliphatic rings. The van der Waals surface area contributed by atoms with E-state index in [1.807, 2.05) is 6.92 Å². The molecular formula is C12H18Br2ClNO. The van der Waals surface area contributed by atoms with Crippen LogP contribution >= 0.6 is 44.3 Å². The molecule has 0 aliphatic carbocycles. The topological polar surface area (TPSA) is 21.3 Å². The highest BCUT2D eigenvalue weighted by Crippen LogP contribution is 2.34. The summed E-state index contributed by atoms with van der Waals surface area (Å²) in [5, 5.41) is 3.37. The highest BCUT2D eigenvalue weighted by atomic mass is 79.9. The second-order valence-electron chi connectivity index (χ2n) is 3.50. The molecule has 1 aromatic rings. The van der Waals surface area contributed by atoms with Crippen molar-refractivity contribution >= 4 is 44.3 Å². The first-order chi connectivity index (χ1) is 7.69. The molecule has 0 heterocycles. The third-order valence-corrected chi connectivity index (χ3v) is 3.28. The summed E-state index contributed by atoms with van der Waals surface area (Å²) in [5.74, 6) is 0.877. The fourth-order valence-corrected chi connectivity index (χ4v) is 2.92. The normalized spacial score (nSPS) is 9.88. The minimum atomic E-state index is 0. The average Bonchev–Trinajstić information content (AvgIpc) is 2.24. The van der Waals surface area contributed by atoms with E-state index in [0.29, 0.717) is 6.61 Å². The van der Waals surface area contributed by atoms with E-state index in [1.165, 1.54) is 5.56 Å². The smallest absolute Gasteiger partial charge is 0.147 e. The van der Waals surface area contributed by atoms with Gasteiger partial charge < -0.3 is 10.1 Å². The van der Waals surface area contributed by atoms with E-state index in [4.69, 9.17) is 4.74 Å². The van der Waals surface area contributed by atoms with Crippen molar-refractivity contribution < 1.29 is 4.74 Å². The first kappa shape index (κ1) is 17.2. The minimum Gasteiger partial charge on any atom is -0.492 e. The number of hydrogen-bond donors (Lipinski definition) is 1. The molecule has 0 radical (unpaired) electrons. The standard InChI is InChI=1S/C12H17Br2NO.ClH/c1-3-5-15-8-9-6-10(13)12(16-4-2)11(14)7-9;/h6-7,15H,3-5,8H2,1-2H3;1H. The average molecular weight is 388 g/mol. The molecule has 0 aliphatic heterocycles. The van der Waals surface area contributed by atoms with Crippen LogP contribution in [0.2, 0.25) is 0 Å². The van der Waals surface area contributed by atoms with E-state index in [9.17, 15) is 0 Å². The zero-order chi connectivity index (χ0) is 12.0. The lowest BCUT2D eigenvalue weighted by molar-refractivity contribution is 0.336. The zero-order valence-electron chi connectivity index (χ0n) is 10.1. The summed E-state index contributed by atoms with van der Waals surface area (Å²) in [4.78, 5) is 0. The molecule has 0 aromatic heterocycles. The van der Waals surface area contributed by atoms with Crippen LogP contribution in [0.15, 0.2) is 21.1 Å². The molecule has 0 saturated heterocycles. The number of ether oxygens (including phenoxy) is 1. The van der Waals surface area contributed by atoms with Gasteiger partial charge in [-0.3, -0.25) is 0 Å². The summed E-state index contributed by atoms with van der Waals surface area (Å²) in [5.41, 5.74) is 1.25. The fraction of sp³-hybridized carbons (Fsp3) is 0.500. The van der Waals surface area contributed by atoms with E-state index >= 15 is 0 Å². The molecule has 1 N–H and O–H groups in total. The zero-order valence-corrected chi connectivity index (χ0v) is 14.0.